The molecule has 1 unspecified atom stereocenters. The van der Waals surface area contributed by atoms with Crippen molar-refractivity contribution in [1.82, 2.24) is 15.5 Å². The van der Waals surface area contributed by atoms with Crippen LogP contribution in [0.5, 0.6) is 5.75 Å². The van der Waals surface area contributed by atoms with Gasteiger partial charge in [0, 0.05) is 18.0 Å². The Labute approximate surface area is 117 Å². The number of benzene rings is 1. The highest BCUT2D eigenvalue weighted by Gasteiger charge is 2.13. The molecule has 0 fully saturated rings. The molecule has 2 rings (SSSR count). The summed E-state index contributed by atoms with van der Waals surface area (Å²) in [6, 6.07) is 4.42. The first-order valence-corrected chi connectivity index (χ1v) is 6.54. The number of aryl methyl sites for hydroxylation is 1. The highest BCUT2D eigenvalue weighted by atomic mass is 19.1. The lowest BCUT2D eigenvalue weighted by Crippen LogP contribution is -2.14. The van der Waals surface area contributed by atoms with Crippen LogP contribution in [0.1, 0.15) is 37.2 Å². The molecule has 0 aliphatic heterocycles. The Hall–Kier alpha value is -1.95. The summed E-state index contributed by atoms with van der Waals surface area (Å²) in [5, 5.41) is 10.8. The first-order chi connectivity index (χ1) is 9.63. The van der Waals surface area contributed by atoms with Crippen molar-refractivity contribution in [3.8, 4) is 5.75 Å². The molecule has 1 aromatic carbocycles. The number of nitrogens with one attached hydrogen (secondary N) is 1. The Morgan fingerprint density at radius 2 is 2.10 bits per heavy atom. The molecule has 20 heavy (non-hydrogen) atoms. The Kier molecular flexibility index (Phi) is 4.68. The van der Waals surface area contributed by atoms with E-state index in [1.54, 1.807) is 6.07 Å². The molecule has 1 heterocycles. The normalized spacial score (nSPS) is 12.4. The zero-order chi connectivity index (χ0) is 14.5. The van der Waals surface area contributed by atoms with Crippen LogP contribution in [0.25, 0.3) is 0 Å². The molecule has 6 heteroatoms. The number of hydrogen-bond acceptors (Lipinski definition) is 5. The second-order valence-corrected chi connectivity index (χ2v) is 4.42. The molecule has 0 aliphatic rings. The summed E-state index contributed by atoms with van der Waals surface area (Å²) in [5.74, 6) is 1.30. The maximum absolute atomic E-state index is 13.3. The van der Waals surface area contributed by atoms with Gasteiger partial charge in [-0.15, -0.1) is 10.2 Å². The fourth-order valence-electron chi connectivity index (χ4n) is 1.77. The fraction of sp³-hybridized carbons (Fsp3) is 0.429. The minimum Gasteiger partial charge on any atom is -0.483 e. The molecular formula is C14H18FN3O2. The van der Waals surface area contributed by atoms with Crippen LogP contribution >= 0.6 is 0 Å². The third-order valence-corrected chi connectivity index (χ3v) is 3.03. The Morgan fingerprint density at radius 3 is 2.75 bits per heavy atom. The van der Waals surface area contributed by atoms with Crippen LogP contribution in [0.15, 0.2) is 22.6 Å². The van der Waals surface area contributed by atoms with E-state index >= 15 is 0 Å². The lowest BCUT2D eigenvalue weighted by atomic mass is 10.1. The second-order valence-electron chi connectivity index (χ2n) is 4.42. The van der Waals surface area contributed by atoms with E-state index < -0.39 is 0 Å². The van der Waals surface area contributed by atoms with Crippen LogP contribution in [0, 0.1) is 5.82 Å². The van der Waals surface area contributed by atoms with Gasteiger partial charge in [0.25, 0.3) is 5.89 Å². The predicted molar refractivity (Wildman–Crippen MR) is 71.9 cm³/mol. The SMILES string of the molecule is CCc1nnc(COc2ccc(F)cc2C(C)NC)o1. The van der Waals surface area contributed by atoms with Crippen LogP contribution in [-0.4, -0.2) is 17.2 Å². The van der Waals surface area contributed by atoms with Crippen molar-refractivity contribution in [2.24, 2.45) is 0 Å². The van der Waals surface area contributed by atoms with Gasteiger partial charge in [-0.05, 0) is 32.2 Å². The van der Waals surface area contributed by atoms with Crippen molar-refractivity contribution in [2.45, 2.75) is 32.9 Å². The Bertz CT molecular complexity index is 571. The molecule has 1 aromatic heterocycles. The van der Waals surface area contributed by atoms with Gasteiger partial charge in [0.2, 0.25) is 5.89 Å². The van der Waals surface area contributed by atoms with Gasteiger partial charge in [0.15, 0.2) is 6.61 Å². The van der Waals surface area contributed by atoms with Gasteiger partial charge >= 0.3 is 0 Å². The van der Waals surface area contributed by atoms with Gasteiger partial charge in [0.05, 0.1) is 0 Å². The average Bonchev–Trinajstić information content (AvgIpc) is 2.93. The number of nitrogens with zero attached hydrogens (tertiary/aromatic N) is 2. The molecule has 1 N–H and O–H groups in total. The highest BCUT2D eigenvalue weighted by molar-refractivity contribution is 5.36. The standard InChI is InChI=1S/C14H18FN3O2/c1-4-13-17-18-14(20-13)8-19-12-6-5-10(15)7-11(12)9(2)16-3/h5-7,9,16H,4,8H2,1-3H3. The lowest BCUT2D eigenvalue weighted by Gasteiger charge is -2.15. The van der Waals surface area contributed by atoms with Crippen molar-refractivity contribution in [3.05, 3.63) is 41.4 Å². The quantitative estimate of drug-likeness (QED) is 0.880. The van der Waals surface area contributed by atoms with Crippen molar-refractivity contribution in [2.75, 3.05) is 7.05 Å². The van der Waals surface area contributed by atoms with Gasteiger partial charge in [-0.25, -0.2) is 4.39 Å². The minimum atomic E-state index is -0.291. The average molecular weight is 279 g/mol. The van der Waals surface area contributed by atoms with Gasteiger partial charge in [0.1, 0.15) is 11.6 Å². The van der Waals surface area contributed by atoms with E-state index in [-0.39, 0.29) is 18.5 Å². The molecule has 0 aliphatic carbocycles. The largest absolute Gasteiger partial charge is 0.483 e. The topological polar surface area (TPSA) is 60.2 Å². The summed E-state index contributed by atoms with van der Waals surface area (Å²) in [4.78, 5) is 0. The van der Waals surface area contributed by atoms with Crippen molar-refractivity contribution >= 4 is 0 Å². The maximum Gasteiger partial charge on any atom is 0.253 e. The molecule has 0 radical (unpaired) electrons. The summed E-state index contributed by atoms with van der Waals surface area (Å²) in [6.45, 7) is 4.04. The van der Waals surface area contributed by atoms with E-state index in [1.807, 2.05) is 20.9 Å². The molecule has 2 aromatic rings. The Morgan fingerprint density at radius 1 is 1.35 bits per heavy atom. The maximum atomic E-state index is 13.3. The fourth-order valence-corrected chi connectivity index (χ4v) is 1.77. The lowest BCUT2D eigenvalue weighted by molar-refractivity contribution is 0.255. The van der Waals surface area contributed by atoms with E-state index in [0.29, 0.717) is 24.0 Å². The van der Waals surface area contributed by atoms with Crippen LogP contribution in [0.3, 0.4) is 0 Å². The third kappa shape index (κ3) is 3.33. The van der Waals surface area contributed by atoms with Gasteiger partial charge < -0.3 is 14.5 Å². The highest BCUT2D eigenvalue weighted by Crippen LogP contribution is 2.26. The van der Waals surface area contributed by atoms with E-state index in [9.17, 15) is 4.39 Å². The van der Waals surface area contributed by atoms with Crippen LogP contribution in [0.2, 0.25) is 0 Å². The summed E-state index contributed by atoms with van der Waals surface area (Å²) in [5.41, 5.74) is 0.753. The van der Waals surface area contributed by atoms with Crippen LogP contribution < -0.4 is 10.1 Å². The number of aromatic nitrogens is 2. The smallest absolute Gasteiger partial charge is 0.253 e. The van der Waals surface area contributed by atoms with Crippen molar-refractivity contribution in [1.29, 1.82) is 0 Å². The first kappa shape index (κ1) is 14.5. The first-order valence-electron chi connectivity index (χ1n) is 6.54. The molecule has 0 bridgehead atoms. The summed E-state index contributed by atoms with van der Waals surface area (Å²) in [6.07, 6.45) is 0.686. The molecule has 108 valence electrons. The van der Waals surface area contributed by atoms with Crippen LogP contribution in [0.4, 0.5) is 4.39 Å². The molecule has 0 amide bonds. The number of hydrogen-bond donors (Lipinski definition) is 1. The summed E-state index contributed by atoms with van der Waals surface area (Å²) in [7, 11) is 1.81. The number of halogens is 1. The molecular weight excluding hydrogens is 261 g/mol. The third-order valence-electron chi connectivity index (χ3n) is 3.03. The zero-order valence-corrected chi connectivity index (χ0v) is 11.8. The monoisotopic (exact) mass is 279 g/mol. The number of rotatable bonds is 6. The van der Waals surface area contributed by atoms with E-state index in [0.717, 1.165) is 5.56 Å². The van der Waals surface area contributed by atoms with Crippen molar-refractivity contribution in [3.63, 3.8) is 0 Å². The van der Waals surface area contributed by atoms with Gasteiger partial charge in [-0.3, -0.25) is 0 Å². The molecule has 5 nitrogen and oxygen atoms in total. The van der Waals surface area contributed by atoms with E-state index in [4.69, 9.17) is 9.15 Å². The molecule has 1 atom stereocenters. The van der Waals surface area contributed by atoms with E-state index in [2.05, 4.69) is 15.5 Å². The Balaban J connectivity index is 2.12. The summed E-state index contributed by atoms with van der Waals surface area (Å²) >= 11 is 0. The zero-order valence-electron chi connectivity index (χ0n) is 11.8. The predicted octanol–water partition coefficient (Wildman–Crippen LogP) is 2.63. The second kappa shape index (κ2) is 6.47. The van der Waals surface area contributed by atoms with Gasteiger partial charge in [-0.1, -0.05) is 6.92 Å². The van der Waals surface area contributed by atoms with E-state index in [1.165, 1.54) is 12.1 Å². The summed E-state index contributed by atoms with van der Waals surface area (Å²) < 4.78 is 24.4. The minimum absolute atomic E-state index is 0.0189. The molecule has 0 spiro atoms. The van der Waals surface area contributed by atoms with Gasteiger partial charge in [-0.2, -0.15) is 0 Å². The number of ether oxygens (including phenoxy) is 1. The van der Waals surface area contributed by atoms with Crippen molar-refractivity contribution < 1.29 is 13.5 Å². The molecule has 0 saturated heterocycles. The molecule has 0 saturated carbocycles. The van der Waals surface area contributed by atoms with Crippen LogP contribution in [-0.2, 0) is 13.0 Å².